The van der Waals surface area contributed by atoms with Crippen molar-refractivity contribution < 1.29 is 4.74 Å². The van der Waals surface area contributed by atoms with E-state index in [2.05, 4.69) is 42.5 Å². The monoisotopic (exact) mass is 262 g/mol. The molecule has 1 aromatic carbocycles. The smallest absolute Gasteiger partial charge is 0.119 e. The molecule has 0 heterocycles. The lowest BCUT2D eigenvalue weighted by atomic mass is 10.1. The van der Waals surface area contributed by atoms with Crippen LogP contribution in [0, 0.1) is 0 Å². The number of aryl methyl sites for hydroxylation is 1. The number of nitrogens with zero attached hydrogens (tertiary/aromatic N) is 1. The maximum absolute atomic E-state index is 5.32. The summed E-state index contributed by atoms with van der Waals surface area (Å²) in [7, 11) is 6.00. The highest BCUT2D eigenvalue weighted by Gasteiger charge is 2.22. The summed E-state index contributed by atoms with van der Waals surface area (Å²) in [5.74, 6) is 0.972. The van der Waals surface area contributed by atoms with E-state index in [1.54, 1.807) is 7.11 Å². The number of hydrogen-bond donors (Lipinski definition) is 1. The quantitative estimate of drug-likeness (QED) is 0.765. The van der Waals surface area contributed by atoms with Crippen molar-refractivity contribution in [2.24, 2.45) is 0 Å². The predicted molar refractivity (Wildman–Crippen MR) is 79.8 cm³/mol. The molecule has 0 radical (unpaired) electrons. The molecule has 1 atom stereocenters. The summed E-state index contributed by atoms with van der Waals surface area (Å²) in [6, 6.07) is 6.99. The summed E-state index contributed by atoms with van der Waals surface area (Å²) in [5.41, 5.74) is 2.92. The highest BCUT2D eigenvalue weighted by molar-refractivity contribution is 5.40. The van der Waals surface area contributed by atoms with Crippen LogP contribution in [0.15, 0.2) is 18.2 Å². The highest BCUT2D eigenvalue weighted by Crippen LogP contribution is 2.33. The van der Waals surface area contributed by atoms with E-state index in [1.165, 1.54) is 43.4 Å². The van der Waals surface area contributed by atoms with E-state index >= 15 is 0 Å². The van der Waals surface area contributed by atoms with Crippen LogP contribution in [0.4, 0.5) is 0 Å². The lowest BCUT2D eigenvalue weighted by molar-refractivity contribution is 0.387. The van der Waals surface area contributed by atoms with E-state index in [0.717, 1.165) is 12.3 Å². The second-order valence-corrected chi connectivity index (χ2v) is 5.62. The normalized spacial score (nSPS) is 17.8. The summed E-state index contributed by atoms with van der Waals surface area (Å²) in [6.45, 7) is 2.28. The Hall–Kier alpha value is -1.06. The second-order valence-electron chi connectivity index (χ2n) is 5.62. The number of hydrogen-bond acceptors (Lipinski definition) is 3. The second kappa shape index (κ2) is 6.92. The third-order valence-corrected chi connectivity index (χ3v) is 3.85. The molecule has 3 nitrogen and oxygen atoms in total. The molecule has 3 heteroatoms. The van der Waals surface area contributed by atoms with Gasteiger partial charge in [-0.15, -0.1) is 0 Å². The molecule has 0 saturated carbocycles. The van der Waals surface area contributed by atoms with E-state index in [0.29, 0.717) is 6.04 Å². The Morgan fingerprint density at radius 2 is 2.16 bits per heavy atom. The minimum Gasteiger partial charge on any atom is -0.497 e. The summed E-state index contributed by atoms with van der Waals surface area (Å²) < 4.78 is 5.32. The molecule has 106 valence electrons. The number of benzene rings is 1. The number of nitrogens with one attached hydrogen (secondary N) is 1. The zero-order valence-corrected chi connectivity index (χ0v) is 12.4. The highest BCUT2D eigenvalue weighted by atomic mass is 16.5. The van der Waals surface area contributed by atoms with Gasteiger partial charge in [0.05, 0.1) is 7.11 Å². The van der Waals surface area contributed by atoms with Gasteiger partial charge in [-0.2, -0.15) is 0 Å². The van der Waals surface area contributed by atoms with Crippen LogP contribution in [0.2, 0.25) is 0 Å². The topological polar surface area (TPSA) is 24.5 Å². The van der Waals surface area contributed by atoms with Crippen molar-refractivity contribution in [2.75, 3.05) is 34.3 Å². The Labute approximate surface area is 116 Å². The molecule has 1 unspecified atom stereocenters. The fraction of sp³-hybridized carbons (Fsp3) is 0.625. The van der Waals surface area contributed by atoms with Crippen LogP contribution in [0.1, 0.15) is 36.4 Å². The van der Waals surface area contributed by atoms with Gasteiger partial charge in [-0.05, 0) is 76.1 Å². The number of unbranched alkanes of at least 4 members (excludes halogenated alkanes) is 1. The van der Waals surface area contributed by atoms with Gasteiger partial charge in [-0.1, -0.05) is 6.07 Å². The van der Waals surface area contributed by atoms with Crippen LogP contribution in [0.25, 0.3) is 0 Å². The first-order valence-electron chi connectivity index (χ1n) is 7.25. The molecule has 0 fully saturated rings. The molecule has 0 aliphatic heterocycles. The molecule has 1 N–H and O–H groups in total. The summed E-state index contributed by atoms with van der Waals surface area (Å²) in [4.78, 5) is 2.25. The van der Waals surface area contributed by atoms with Crippen LogP contribution < -0.4 is 10.1 Å². The number of fused-ring (bicyclic) bond motifs is 1. The van der Waals surface area contributed by atoms with Crippen molar-refractivity contribution in [2.45, 2.75) is 31.7 Å². The molecular formula is C16H26N2O. The van der Waals surface area contributed by atoms with Gasteiger partial charge in [0.15, 0.2) is 0 Å². The van der Waals surface area contributed by atoms with Gasteiger partial charge in [0.2, 0.25) is 0 Å². The van der Waals surface area contributed by atoms with Crippen molar-refractivity contribution in [1.82, 2.24) is 10.2 Å². The average molecular weight is 262 g/mol. The SMILES string of the molecule is COc1ccc2c(c1)C(NCCCCN(C)C)CC2. The van der Waals surface area contributed by atoms with E-state index in [9.17, 15) is 0 Å². The zero-order valence-electron chi connectivity index (χ0n) is 12.4. The van der Waals surface area contributed by atoms with E-state index in [4.69, 9.17) is 4.74 Å². The van der Waals surface area contributed by atoms with Crippen LogP contribution >= 0.6 is 0 Å². The predicted octanol–water partition coefficient (Wildman–Crippen LogP) is 2.61. The molecular weight excluding hydrogens is 236 g/mol. The van der Waals surface area contributed by atoms with Gasteiger partial charge in [0.1, 0.15) is 5.75 Å². The fourth-order valence-electron chi connectivity index (χ4n) is 2.75. The number of methoxy groups -OCH3 is 1. The Kier molecular flexibility index (Phi) is 5.23. The van der Waals surface area contributed by atoms with Crippen LogP contribution in [-0.2, 0) is 6.42 Å². The van der Waals surface area contributed by atoms with Gasteiger partial charge >= 0.3 is 0 Å². The molecule has 1 aromatic rings. The minimum atomic E-state index is 0.518. The summed E-state index contributed by atoms with van der Waals surface area (Å²) >= 11 is 0. The number of ether oxygens (including phenoxy) is 1. The lowest BCUT2D eigenvalue weighted by Crippen LogP contribution is -2.21. The van der Waals surface area contributed by atoms with E-state index in [1.807, 2.05) is 0 Å². The van der Waals surface area contributed by atoms with Crippen molar-refractivity contribution in [3.8, 4) is 5.75 Å². The largest absolute Gasteiger partial charge is 0.497 e. The van der Waals surface area contributed by atoms with Crippen LogP contribution in [0.3, 0.4) is 0 Å². The fourth-order valence-corrected chi connectivity index (χ4v) is 2.75. The van der Waals surface area contributed by atoms with Crippen LogP contribution in [-0.4, -0.2) is 39.2 Å². The molecule has 0 amide bonds. The van der Waals surface area contributed by atoms with E-state index in [-0.39, 0.29) is 0 Å². The molecule has 1 aliphatic carbocycles. The summed E-state index contributed by atoms with van der Waals surface area (Å²) in [6.07, 6.45) is 4.91. The molecule has 19 heavy (non-hydrogen) atoms. The average Bonchev–Trinajstić information content (AvgIpc) is 2.80. The van der Waals surface area contributed by atoms with Gasteiger partial charge in [-0.3, -0.25) is 0 Å². The molecule has 0 spiro atoms. The zero-order chi connectivity index (χ0) is 13.7. The molecule has 1 aliphatic rings. The first-order chi connectivity index (χ1) is 9.20. The van der Waals surface area contributed by atoms with Gasteiger partial charge in [0, 0.05) is 6.04 Å². The van der Waals surface area contributed by atoms with Crippen molar-refractivity contribution in [3.05, 3.63) is 29.3 Å². The summed E-state index contributed by atoms with van der Waals surface area (Å²) in [5, 5.41) is 3.69. The van der Waals surface area contributed by atoms with Gasteiger partial charge in [-0.25, -0.2) is 0 Å². The Bertz CT molecular complexity index is 404. The lowest BCUT2D eigenvalue weighted by Gasteiger charge is -2.15. The number of rotatable bonds is 7. The van der Waals surface area contributed by atoms with Crippen molar-refractivity contribution in [1.29, 1.82) is 0 Å². The van der Waals surface area contributed by atoms with Crippen LogP contribution in [0.5, 0.6) is 5.75 Å². The molecule has 2 rings (SSSR count). The maximum Gasteiger partial charge on any atom is 0.119 e. The van der Waals surface area contributed by atoms with Crippen molar-refractivity contribution in [3.63, 3.8) is 0 Å². The molecule has 0 saturated heterocycles. The molecule has 0 bridgehead atoms. The Morgan fingerprint density at radius 3 is 2.89 bits per heavy atom. The maximum atomic E-state index is 5.32. The first kappa shape index (κ1) is 14.4. The standard InChI is InChI=1S/C16H26N2O/c1-18(2)11-5-4-10-17-16-9-7-13-6-8-14(19-3)12-15(13)16/h6,8,12,16-17H,4-5,7,9-11H2,1-3H3. The van der Waals surface area contributed by atoms with E-state index < -0.39 is 0 Å². The van der Waals surface area contributed by atoms with Crippen molar-refractivity contribution >= 4 is 0 Å². The third kappa shape index (κ3) is 3.95. The van der Waals surface area contributed by atoms with Gasteiger partial charge in [0.25, 0.3) is 0 Å². The third-order valence-electron chi connectivity index (χ3n) is 3.85. The van der Waals surface area contributed by atoms with Gasteiger partial charge < -0.3 is 15.0 Å². The molecule has 0 aromatic heterocycles. The Morgan fingerprint density at radius 1 is 1.32 bits per heavy atom. The first-order valence-corrected chi connectivity index (χ1v) is 7.25. The minimum absolute atomic E-state index is 0.518. The Balaban J connectivity index is 1.81.